The van der Waals surface area contributed by atoms with Crippen LogP contribution in [0.2, 0.25) is 0 Å². The zero-order valence-corrected chi connectivity index (χ0v) is 6.02. The van der Waals surface area contributed by atoms with E-state index in [0.29, 0.717) is 5.57 Å². The van der Waals surface area contributed by atoms with E-state index in [-0.39, 0.29) is 5.57 Å². The molecular formula is C8H6O4. The lowest BCUT2D eigenvalue weighted by Crippen LogP contribution is -1.94. The molecule has 0 fully saturated rings. The quantitative estimate of drug-likeness (QED) is 0.588. The first-order valence-electron chi connectivity index (χ1n) is 3.17. The highest BCUT2D eigenvalue weighted by atomic mass is 16.4. The molecule has 2 N–H and O–H groups in total. The molecule has 0 saturated heterocycles. The molecule has 0 radical (unpaired) electrons. The highest BCUT2D eigenvalue weighted by Gasteiger charge is 2.09. The van der Waals surface area contributed by atoms with Gasteiger partial charge in [-0.1, -0.05) is 6.08 Å². The number of rotatable bonds is 2. The lowest BCUT2D eigenvalue weighted by atomic mass is 10.2. The Hall–Kier alpha value is -1.84. The second kappa shape index (κ2) is 3.04. The van der Waals surface area contributed by atoms with Crippen molar-refractivity contribution in [2.45, 2.75) is 0 Å². The fourth-order valence-corrected chi connectivity index (χ4v) is 0.827. The number of carbonyl (C=O) groups is 2. The van der Waals surface area contributed by atoms with Crippen LogP contribution in [0, 0.1) is 0 Å². The summed E-state index contributed by atoms with van der Waals surface area (Å²) in [5.74, 6) is -2.14. The Morgan fingerprint density at radius 2 is 1.92 bits per heavy atom. The minimum atomic E-state index is -1.09. The number of hydrogen-bond donors (Lipinski definition) is 2. The molecule has 1 rings (SSSR count). The molecule has 1 aliphatic carbocycles. The summed E-state index contributed by atoms with van der Waals surface area (Å²) < 4.78 is 0. The smallest absolute Gasteiger partial charge is 0.335 e. The van der Waals surface area contributed by atoms with Crippen LogP contribution in [0.15, 0.2) is 35.5 Å². The van der Waals surface area contributed by atoms with Gasteiger partial charge in [-0.05, 0) is 17.7 Å². The van der Waals surface area contributed by atoms with Crippen LogP contribution in [0.1, 0.15) is 0 Å². The van der Waals surface area contributed by atoms with E-state index in [2.05, 4.69) is 0 Å². The lowest BCUT2D eigenvalue weighted by molar-refractivity contribution is -0.133. The number of aliphatic carboxylic acids is 2. The van der Waals surface area contributed by atoms with Gasteiger partial charge in [-0.15, -0.1) is 0 Å². The second-order valence-corrected chi connectivity index (χ2v) is 2.22. The highest BCUT2D eigenvalue weighted by molar-refractivity contribution is 5.93. The molecule has 0 aromatic rings. The average Bonchev–Trinajstić information content (AvgIpc) is 2.34. The first kappa shape index (κ1) is 8.26. The van der Waals surface area contributed by atoms with Gasteiger partial charge in [0.05, 0.1) is 5.57 Å². The first-order chi connectivity index (χ1) is 5.59. The van der Waals surface area contributed by atoms with E-state index in [0.717, 1.165) is 6.08 Å². The summed E-state index contributed by atoms with van der Waals surface area (Å²) in [6.45, 7) is 0. The van der Waals surface area contributed by atoms with E-state index >= 15 is 0 Å². The van der Waals surface area contributed by atoms with E-state index in [9.17, 15) is 9.59 Å². The summed E-state index contributed by atoms with van der Waals surface area (Å²) in [6, 6.07) is 0. The van der Waals surface area contributed by atoms with E-state index in [1.807, 2.05) is 0 Å². The van der Waals surface area contributed by atoms with Gasteiger partial charge in [0.15, 0.2) is 0 Å². The zero-order chi connectivity index (χ0) is 9.14. The van der Waals surface area contributed by atoms with Gasteiger partial charge in [0.1, 0.15) is 0 Å². The molecule has 0 heterocycles. The maximum absolute atomic E-state index is 10.3. The largest absolute Gasteiger partial charge is 0.478 e. The zero-order valence-electron chi connectivity index (χ0n) is 6.02. The molecule has 0 atom stereocenters. The third-order valence-electron chi connectivity index (χ3n) is 1.31. The molecule has 0 amide bonds. The molecule has 0 unspecified atom stereocenters. The van der Waals surface area contributed by atoms with Gasteiger partial charge >= 0.3 is 11.9 Å². The predicted molar refractivity (Wildman–Crippen MR) is 40.6 cm³/mol. The minimum Gasteiger partial charge on any atom is -0.478 e. The molecule has 1 aliphatic rings. The van der Waals surface area contributed by atoms with Crippen molar-refractivity contribution in [2.24, 2.45) is 0 Å². The Labute approximate surface area is 68.1 Å². The molecule has 4 nitrogen and oxygen atoms in total. The van der Waals surface area contributed by atoms with Gasteiger partial charge in [-0.25, -0.2) is 9.59 Å². The first-order valence-corrected chi connectivity index (χ1v) is 3.17. The molecule has 4 heteroatoms. The molecule has 0 spiro atoms. The van der Waals surface area contributed by atoms with Crippen LogP contribution >= 0.6 is 0 Å². The molecule has 0 aliphatic heterocycles. The van der Waals surface area contributed by atoms with E-state index in [1.165, 1.54) is 18.2 Å². The second-order valence-electron chi connectivity index (χ2n) is 2.22. The van der Waals surface area contributed by atoms with Crippen molar-refractivity contribution in [1.29, 1.82) is 0 Å². The Bertz CT molecular complexity index is 320. The summed E-state index contributed by atoms with van der Waals surface area (Å²) >= 11 is 0. The molecule has 0 aromatic carbocycles. The van der Waals surface area contributed by atoms with Crippen LogP contribution in [-0.2, 0) is 9.59 Å². The van der Waals surface area contributed by atoms with Gasteiger partial charge in [-0.3, -0.25) is 0 Å². The fourth-order valence-electron chi connectivity index (χ4n) is 0.827. The predicted octanol–water partition coefficient (Wildman–Crippen LogP) is 0.578. The van der Waals surface area contributed by atoms with Gasteiger partial charge < -0.3 is 10.2 Å². The third kappa shape index (κ3) is 1.82. The maximum Gasteiger partial charge on any atom is 0.335 e. The SMILES string of the molecule is O=C(O)/C=C1/C=CC(C(=O)O)=C1. The molecule has 0 aromatic heterocycles. The number of hydrogen-bond acceptors (Lipinski definition) is 2. The van der Waals surface area contributed by atoms with Crippen LogP contribution < -0.4 is 0 Å². The van der Waals surface area contributed by atoms with Crippen LogP contribution in [-0.4, -0.2) is 22.2 Å². The number of allylic oxidation sites excluding steroid dienone is 3. The molecule has 62 valence electrons. The molecule has 12 heavy (non-hydrogen) atoms. The summed E-state index contributed by atoms with van der Waals surface area (Å²) in [4.78, 5) is 20.5. The molecule has 0 bridgehead atoms. The van der Waals surface area contributed by atoms with E-state index in [4.69, 9.17) is 10.2 Å². The normalized spacial score (nSPS) is 18.0. The van der Waals surface area contributed by atoms with Crippen molar-refractivity contribution in [3.63, 3.8) is 0 Å². The molecule has 0 saturated carbocycles. The number of carboxylic acids is 2. The summed E-state index contributed by atoms with van der Waals surface area (Å²) in [7, 11) is 0. The summed E-state index contributed by atoms with van der Waals surface area (Å²) in [6.07, 6.45) is 5.05. The lowest BCUT2D eigenvalue weighted by Gasteiger charge is -1.86. The van der Waals surface area contributed by atoms with Gasteiger partial charge in [0, 0.05) is 6.08 Å². The average molecular weight is 166 g/mol. The van der Waals surface area contributed by atoms with Crippen molar-refractivity contribution >= 4 is 11.9 Å². The Kier molecular flexibility index (Phi) is 2.09. The number of carboxylic acid groups (broad SMARTS) is 2. The Morgan fingerprint density at radius 1 is 1.25 bits per heavy atom. The van der Waals surface area contributed by atoms with Crippen molar-refractivity contribution < 1.29 is 19.8 Å². The van der Waals surface area contributed by atoms with Crippen LogP contribution in [0.3, 0.4) is 0 Å². The van der Waals surface area contributed by atoms with Gasteiger partial charge in [0.2, 0.25) is 0 Å². The third-order valence-corrected chi connectivity index (χ3v) is 1.31. The van der Waals surface area contributed by atoms with Crippen LogP contribution in [0.5, 0.6) is 0 Å². The topological polar surface area (TPSA) is 74.6 Å². The van der Waals surface area contributed by atoms with Gasteiger partial charge in [-0.2, -0.15) is 0 Å². The van der Waals surface area contributed by atoms with Crippen molar-refractivity contribution in [3.8, 4) is 0 Å². The van der Waals surface area contributed by atoms with Crippen molar-refractivity contribution in [3.05, 3.63) is 35.5 Å². The van der Waals surface area contributed by atoms with E-state index in [1.54, 1.807) is 0 Å². The fraction of sp³-hybridized carbons (Fsp3) is 0. The Morgan fingerprint density at radius 3 is 2.33 bits per heavy atom. The standard InChI is InChI=1S/C8H6O4/c9-7(10)4-5-1-2-6(3-5)8(11)12/h1-4H,(H,9,10)(H,11,12)/b5-4-. The minimum absolute atomic E-state index is 0.0995. The summed E-state index contributed by atoms with van der Waals surface area (Å²) in [5, 5.41) is 16.8. The summed E-state index contributed by atoms with van der Waals surface area (Å²) in [5.41, 5.74) is 0.488. The Balaban J connectivity index is 2.86. The highest BCUT2D eigenvalue weighted by Crippen LogP contribution is 2.14. The monoisotopic (exact) mass is 166 g/mol. The van der Waals surface area contributed by atoms with Crippen LogP contribution in [0.4, 0.5) is 0 Å². The van der Waals surface area contributed by atoms with Crippen molar-refractivity contribution in [1.82, 2.24) is 0 Å². The molecular weight excluding hydrogens is 160 g/mol. The maximum atomic E-state index is 10.3. The van der Waals surface area contributed by atoms with Crippen LogP contribution in [0.25, 0.3) is 0 Å². The van der Waals surface area contributed by atoms with Gasteiger partial charge in [0.25, 0.3) is 0 Å². The van der Waals surface area contributed by atoms with E-state index < -0.39 is 11.9 Å². The van der Waals surface area contributed by atoms with Crippen molar-refractivity contribution in [2.75, 3.05) is 0 Å².